The Kier molecular flexibility index (Phi) is 4.64. The minimum Gasteiger partial charge on any atom is -0.497 e. The van der Waals surface area contributed by atoms with Crippen molar-refractivity contribution in [2.45, 2.75) is 57.5 Å². The van der Waals surface area contributed by atoms with Crippen LogP contribution in [0, 0.1) is 0 Å². The van der Waals surface area contributed by atoms with E-state index in [1.165, 1.54) is 17.5 Å². The van der Waals surface area contributed by atoms with Gasteiger partial charge in [0.2, 0.25) is 0 Å². The highest BCUT2D eigenvalue weighted by Gasteiger charge is 2.44. The molecule has 1 aromatic rings. The van der Waals surface area contributed by atoms with E-state index in [9.17, 15) is 0 Å². The topological polar surface area (TPSA) is 38.5 Å². The standard InChI is InChI=1S/C18H30N2O/c1-6-17(2,3)20(4)18(13-19)11-7-8-14-9-10-15(21-5)12-16(14)18/h9-10,12H,6-8,11,13,19H2,1-5H3. The quantitative estimate of drug-likeness (QED) is 0.904. The number of ether oxygens (including phenoxy) is 1. The fraction of sp³-hybridized carbons (Fsp3) is 0.667. The highest BCUT2D eigenvalue weighted by Crippen LogP contribution is 2.43. The zero-order valence-electron chi connectivity index (χ0n) is 14.2. The summed E-state index contributed by atoms with van der Waals surface area (Å²) in [4.78, 5) is 2.50. The molecule has 0 aromatic heterocycles. The molecule has 1 aromatic carbocycles. The second-order valence-corrected chi connectivity index (χ2v) is 6.84. The first-order valence-corrected chi connectivity index (χ1v) is 8.02. The highest BCUT2D eigenvalue weighted by molar-refractivity contribution is 5.42. The van der Waals surface area contributed by atoms with Crippen LogP contribution in [-0.2, 0) is 12.0 Å². The summed E-state index contributed by atoms with van der Waals surface area (Å²) in [6.07, 6.45) is 4.55. The summed E-state index contributed by atoms with van der Waals surface area (Å²) in [5, 5.41) is 0. The van der Waals surface area contributed by atoms with Crippen LogP contribution in [0.25, 0.3) is 0 Å². The highest BCUT2D eigenvalue weighted by atomic mass is 16.5. The second-order valence-electron chi connectivity index (χ2n) is 6.84. The zero-order chi connectivity index (χ0) is 15.7. The van der Waals surface area contributed by atoms with Gasteiger partial charge in [-0.3, -0.25) is 4.90 Å². The monoisotopic (exact) mass is 290 g/mol. The van der Waals surface area contributed by atoms with Gasteiger partial charge >= 0.3 is 0 Å². The fourth-order valence-electron chi connectivity index (χ4n) is 3.55. The van der Waals surface area contributed by atoms with Crippen LogP contribution < -0.4 is 10.5 Å². The van der Waals surface area contributed by atoms with Gasteiger partial charge in [-0.05, 0) is 69.8 Å². The molecular formula is C18H30N2O. The number of nitrogens with zero attached hydrogens (tertiary/aromatic N) is 1. The molecule has 0 saturated carbocycles. The van der Waals surface area contributed by atoms with Crippen molar-refractivity contribution in [3.05, 3.63) is 29.3 Å². The lowest BCUT2D eigenvalue weighted by atomic mass is 9.73. The van der Waals surface area contributed by atoms with Crippen molar-refractivity contribution >= 4 is 0 Å². The van der Waals surface area contributed by atoms with Crippen molar-refractivity contribution < 1.29 is 4.74 Å². The van der Waals surface area contributed by atoms with Gasteiger partial charge < -0.3 is 10.5 Å². The Morgan fingerprint density at radius 3 is 2.67 bits per heavy atom. The molecule has 118 valence electrons. The van der Waals surface area contributed by atoms with Gasteiger partial charge in [0.05, 0.1) is 12.6 Å². The summed E-state index contributed by atoms with van der Waals surface area (Å²) in [5.41, 5.74) is 9.14. The van der Waals surface area contributed by atoms with Gasteiger partial charge in [0.1, 0.15) is 5.75 Å². The molecular weight excluding hydrogens is 260 g/mol. The first kappa shape index (κ1) is 16.3. The van der Waals surface area contributed by atoms with Crippen LogP contribution in [0.5, 0.6) is 5.75 Å². The van der Waals surface area contributed by atoms with E-state index in [-0.39, 0.29) is 11.1 Å². The van der Waals surface area contributed by atoms with Crippen LogP contribution >= 0.6 is 0 Å². The minimum atomic E-state index is -0.0817. The summed E-state index contributed by atoms with van der Waals surface area (Å²) in [7, 11) is 3.96. The predicted octanol–water partition coefficient (Wildman–Crippen LogP) is 3.31. The van der Waals surface area contributed by atoms with Crippen LogP contribution in [0.2, 0.25) is 0 Å². The Labute approximate surface area is 129 Å². The SMILES string of the molecule is CCC(C)(C)N(C)C1(CN)CCCc2ccc(OC)cc21. The van der Waals surface area contributed by atoms with E-state index in [1.54, 1.807) is 7.11 Å². The van der Waals surface area contributed by atoms with Gasteiger partial charge in [-0.25, -0.2) is 0 Å². The Morgan fingerprint density at radius 2 is 2.10 bits per heavy atom. The van der Waals surface area contributed by atoms with Crippen molar-refractivity contribution in [3.63, 3.8) is 0 Å². The van der Waals surface area contributed by atoms with Crippen molar-refractivity contribution in [1.82, 2.24) is 4.90 Å². The van der Waals surface area contributed by atoms with E-state index >= 15 is 0 Å². The van der Waals surface area contributed by atoms with Crippen molar-refractivity contribution in [2.24, 2.45) is 5.73 Å². The summed E-state index contributed by atoms with van der Waals surface area (Å²) in [6.45, 7) is 7.50. The number of nitrogens with two attached hydrogens (primary N) is 1. The van der Waals surface area contributed by atoms with Crippen LogP contribution in [0.1, 0.15) is 51.2 Å². The number of hydrogen-bond acceptors (Lipinski definition) is 3. The second kappa shape index (κ2) is 5.98. The summed E-state index contributed by atoms with van der Waals surface area (Å²) in [5.74, 6) is 0.927. The van der Waals surface area contributed by atoms with Gasteiger partial charge in [0, 0.05) is 12.1 Å². The lowest BCUT2D eigenvalue weighted by molar-refractivity contribution is 0.00846. The maximum Gasteiger partial charge on any atom is 0.119 e. The molecule has 0 heterocycles. The van der Waals surface area contributed by atoms with Crippen molar-refractivity contribution in [1.29, 1.82) is 0 Å². The van der Waals surface area contributed by atoms with Gasteiger partial charge in [0.15, 0.2) is 0 Å². The molecule has 21 heavy (non-hydrogen) atoms. The molecule has 0 bridgehead atoms. The lowest BCUT2D eigenvalue weighted by Gasteiger charge is -2.52. The maximum absolute atomic E-state index is 6.31. The molecule has 0 radical (unpaired) electrons. The van der Waals surface area contributed by atoms with Crippen LogP contribution in [0.4, 0.5) is 0 Å². The Hall–Kier alpha value is -1.06. The Balaban J connectivity index is 2.56. The third kappa shape index (κ3) is 2.69. The lowest BCUT2D eigenvalue weighted by Crippen LogP contribution is -2.58. The van der Waals surface area contributed by atoms with E-state index in [4.69, 9.17) is 10.5 Å². The average Bonchev–Trinajstić information content (AvgIpc) is 2.52. The largest absolute Gasteiger partial charge is 0.497 e. The number of aryl methyl sites for hydroxylation is 1. The van der Waals surface area contributed by atoms with Crippen molar-refractivity contribution in [2.75, 3.05) is 20.7 Å². The molecule has 1 atom stereocenters. The number of hydrogen-bond donors (Lipinski definition) is 1. The van der Waals surface area contributed by atoms with Gasteiger partial charge in [-0.1, -0.05) is 13.0 Å². The molecule has 0 fully saturated rings. The van der Waals surface area contributed by atoms with E-state index in [0.717, 1.165) is 25.0 Å². The smallest absolute Gasteiger partial charge is 0.119 e. The first-order valence-electron chi connectivity index (χ1n) is 8.02. The molecule has 0 aliphatic heterocycles. The molecule has 1 aliphatic rings. The number of rotatable bonds is 5. The molecule has 2 rings (SSSR count). The number of likely N-dealkylation sites (N-methyl/N-ethyl adjacent to an activating group) is 1. The molecule has 0 amide bonds. The fourth-order valence-corrected chi connectivity index (χ4v) is 3.55. The van der Waals surface area contributed by atoms with E-state index in [2.05, 4.69) is 50.9 Å². The van der Waals surface area contributed by atoms with Crippen LogP contribution in [-0.4, -0.2) is 31.1 Å². The number of fused-ring (bicyclic) bond motifs is 1. The predicted molar refractivity (Wildman–Crippen MR) is 88.8 cm³/mol. The summed E-state index contributed by atoms with van der Waals surface area (Å²) < 4.78 is 5.45. The van der Waals surface area contributed by atoms with E-state index in [0.29, 0.717) is 6.54 Å². The molecule has 0 saturated heterocycles. The normalized spacial score (nSPS) is 22.2. The van der Waals surface area contributed by atoms with E-state index in [1.807, 2.05) is 0 Å². The van der Waals surface area contributed by atoms with Gasteiger partial charge in [0.25, 0.3) is 0 Å². The summed E-state index contributed by atoms with van der Waals surface area (Å²) >= 11 is 0. The first-order chi connectivity index (χ1) is 9.91. The Bertz CT molecular complexity index is 498. The molecule has 2 N–H and O–H groups in total. The molecule has 1 aliphatic carbocycles. The molecule has 0 spiro atoms. The average molecular weight is 290 g/mol. The maximum atomic E-state index is 6.31. The van der Waals surface area contributed by atoms with E-state index < -0.39 is 0 Å². The third-order valence-electron chi connectivity index (χ3n) is 5.61. The van der Waals surface area contributed by atoms with Gasteiger partial charge in [-0.2, -0.15) is 0 Å². The van der Waals surface area contributed by atoms with Gasteiger partial charge in [-0.15, -0.1) is 0 Å². The zero-order valence-corrected chi connectivity index (χ0v) is 14.2. The summed E-state index contributed by atoms with van der Waals surface area (Å²) in [6, 6.07) is 6.48. The minimum absolute atomic E-state index is 0.0817. The van der Waals surface area contributed by atoms with Crippen LogP contribution in [0.3, 0.4) is 0 Å². The molecule has 3 nitrogen and oxygen atoms in total. The third-order valence-corrected chi connectivity index (χ3v) is 5.61. The molecule has 3 heteroatoms. The Morgan fingerprint density at radius 1 is 1.38 bits per heavy atom. The van der Waals surface area contributed by atoms with Crippen LogP contribution in [0.15, 0.2) is 18.2 Å². The number of benzene rings is 1. The number of methoxy groups -OCH3 is 1. The van der Waals surface area contributed by atoms with Crippen molar-refractivity contribution in [3.8, 4) is 5.75 Å². The molecule has 1 unspecified atom stereocenters.